The fraction of sp³-hybridized carbons (Fsp3) is 0.316. The Hall–Kier alpha value is -3.98. The molecule has 1 fully saturated rings. The molecule has 0 spiro atoms. The van der Waals surface area contributed by atoms with Crippen molar-refractivity contribution in [3.8, 4) is 0 Å². The van der Waals surface area contributed by atoms with Gasteiger partial charge < -0.3 is 28.5 Å². The molecule has 45 heavy (non-hydrogen) atoms. The zero-order chi connectivity index (χ0) is 31.1. The highest BCUT2D eigenvalue weighted by atomic mass is 16.6. The number of aldehydes is 1. The monoisotopic (exact) mass is 608 g/mol. The van der Waals surface area contributed by atoms with Gasteiger partial charge in [-0.05, 0) is 22.3 Å². The van der Waals surface area contributed by atoms with Crippen molar-refractivity contribution in [1.29, 1.82) is 0 Å². The van der Waals surface area contributed by atoms with E-state index in [1.165, 1.54) is 0 Å². The topological polar surface area (TPSA) is 80.3 Å². The lowest BCUT2D eigenvalue weighted by molar-refractivity contribution is -0.272. The SMILES string of the molecule is O=CCC(=O)C[C@H]1O[C@H](COCc2ccccc2)[C@@H](OCc2ccccc2)[C@H](OCc2ccccc2)[C@H]1OCc1ccccc1. The summed E-state index contributed by atoms with van der Waals surface area (Å²) >= 11 is 0. The van der Waals surface area contributed by atoms with Crippen LogP contribution in [-0.2, 0) is 59.7 Å². The third-order valence-corrected chi connectivity index (χ3v) is 7.72. The van der Waals surface area contributed by atoms with Gasteiger partial charge in [-0.25, -0.2) is 0 Å². The molecule has 7 nitrogen and oxygen atoms in total. The van der Waals surface area contributed by atoms with Gasteiger partial charge in [-0.15, -0.1) is 0 Å². The van der Waals surface area contributed by atoms with Crippen LogP contribution in [0.2, 0.25) is 0 Å². The number of Topliss-reactive ketones (excluding diaryl/α,β-unsaturated/α-hetero) is 1. The third-order valence-electron chi connectivity index (χ3n) is 7.72. The molecule has 7 heteroatoms. The van der Waals surface area contributed by atoms with Gasteiger partial charge in [-0.2, -0.15) is 0 Å². The molecule has 5 atom stereocenters. The molecule has 4 aromatic carbocycles. The van der Waals surface area contributed by atoms with Crippen LogP contribution in [0.4, 0.5) is 0 Å². The molecule has 0 unspecified atom stereocenters. The molecule has 1 saturated heterocycles. The quantitative estimate of drug-likeness (QED) is 0.103. The van der Waals surface area contributed by atoms with Gasteiger partial charge in [-0.3, -0.25) is 4.79 Å². The van der Waals surface area contributed by atoms with Crippen LogP contribution in [0, 0.1) is 0 Å². The standard InChI is InChI=1S/C38H40O7/c39-22-21-33(40)23-34-36(42-25-30-15-7-2-8-16-30)38(44-27-32-19-11-4-12-20-32)37(43-26-31-17-9-3-10-18-31)35(45-34)28-41-24-29-13-5-1-6-14-29/h1-20,22,34-38H,21,23-28H2/t34-,35-,36+,37-,38-/m1/s1. The Labute approximate surface area is 265 Å². The molecule has 1 aliphatic rings. The van der Waals surface area contributed by atoms with E-state index in [0.29, 0.717) is 32.7 Å². The second-order valence-corrected chi connectivity index (χ2v) is 11.1. The first-order chi connectivity index (χ1) is 22.2. The van der Waals surface area contributed by atoms with Crippen LogP contribution in [0.5, 0.6) is 0 Å². The predicted octanol–water partition coefficient (Wildman–Crippen LogP) is 6.28. The first kappa shape index (κ1) is 32.4. The van der Waals surface area contributed by atoms with Crippen molar-refractivity contribution in [2.24, 2.45) is 0 Å². The van der Waals surface area contributed by atoms with E-state index in [2.05, 4.69) is 0 Å². The maximum atomic E-state index is 12.8. The van der Waals surface area contributed by atoms with Gasteiger partial charge in [0.05, 0.1) is 45.6 Å². The molecule has 0 N–H and O–H groups in total. The largest absolute Gasteiger partial charge is 0.374 e. The predicted molar refractivity (Wildman–Crippen MR) is 170 cm³/mol. The lowest BCUT2D eigenvalue weighted by Crippen LogP contribution is -2.61. The summed E-state index contributed by atoms with van der Waals surface area (Å²) in [5, 5.41) is 0. The number of ether oxygens (including phenoxy) is 5. The normalized spacial score (nSPS) is 21.3. The molecule has 234 valence electrons. The fourth-order valence-corrected chi connectivity index (χ4v) is 5.45. The van der Waals surface area contributed by atoms with E-state index in [9.17, 15) is 9.59 Å². The van der Waals surface area contributed by atoms with Crippen LogP contribution in [0.25, 0.3) is 0 Å². The van der Waals surface area contributed by atoms with Crippen LogP contribution < -0.4 is 0 Å². The molecule has 4 aromatic rings. The van der Waals surface area contributed by atoms with Crippen molar-refractivity contribution in [1.82, 2.24) is 0 Å². The summed E-state index contributed by atoms with van der Waals surface area (Å²) in [6.07, 6.45) is -2.65. The lowest BCUT2D eigenvalue weighted by Gasteiger charge is -2.46. The Balaban J connectivity index is 1.44. The number of rotatable bonds is 17. The Morgan fingerprint density at radius 3 is 1.40 bits per heavy atom. The molecule has 0 aromatic heterocycles. The number of hydrogen-bond acceptors (Lipinski definition) is 7. The molecule has 0 radical (unpaired) electrons. The van der Waals surface area contributed by atoms with Crippen LogP contribution >= 0.6 is 0 Å². The van der Waals surface area contributed by atoms with Crippen molar-refractivity contribution in [2.75, 3.05) is 6.61 Å². The van der Waals surface area contributed by atoms with Crippen LogP contribution in [0.3, 0.4) is 0 Å². The second-order valence-electron chi connectivity index (χ2n) is 11.1. The minimum atomic E-state index is -0.677. The minimum absolute atomic E-state index is 0.00395. The van der Waals surface area contributed by atoms with E-state index in [1.54, 1.807) is 0 Å². The summed E-state index contributed by atoms with van der Waals surface area (Å²) in [6.45, 7) is 1.54. The zero-order valence-corrected chi connectivity index (χ0v) is 25.3. The highest BCUT2D eigenvalue weighted by molar-refractivity contribution is 5.90. The van der Waals surface area contributed by atoms with Crippen LogP contribution in [-0.4, -0.2) is 49.2 Å². The van der Waals surface area contributed by atoms with Gasteiger partial charge in [-0.1, -0.05) is 121 Å². The first-order valence-electron chi connectivity index (χ1n) is 15.4. The number of carbonyl (C=O) groups excluding carboxylic acids is 2. The van der Waals surface area contributed by atoms with Crippen LogP contribution in [0.15, 0.2) is 121 Å². The van der Waals surface area contributed by atoms with E-state index in [-0.39, 0.29) is 25.2 Å². The summed E-state index contributed by atoms with van der Waals surface area (Å²) in [5.74, 6) is -0.224. The van der Waals surface area contributed by atoms with Crippen LogP contribution in [0.1, 0.15) is 35.1 Å². The summed E-state index contributed by atoms with van der Waals surface area (Å²) in [6, 6.07) is 39.6. The molecule has 0 saturated carbocycles. The molecule has 0 bridgehead atoms. The molecule has 0 aliphatic carbocycles. The van der Waals surface area contributed by atoms with E-state index >= 15 is 0 Å². The van der Waals surface area contributed by atoms with Gasteiger partial charge in [0.2, 0.25) is 0 Å². The molecular formula is C38H40O7. The molecule has 5 rings (SSSR count). The van der Waals surface area contributed by atoms with Gasteiger partial charge >= 0.3 is 0 Å². The highest BCUT2D eigenvalue weighted by Crippen LogP contribution is 2.32. The van der Waals surface area contributed by atoms with Gasteiger partial charge in [0.1, 0.15) is 36.5 Å². The first-order valence-corrected chi connectivity index (χ1v) is 15.4. The smallest absolute Gasteiger partial charge is 0.142 e. The Morgan fingerprint density at radius 1 is 0.556 bits per heavy atom. The summed E-state index contributed by atoms with van der Waals surface area (Å²) in [7, 11) is 0. The van der Waals surface area contributed by atoms with Gasteiger partial charge in [0.15, 0.2) is 0 Å². The Bertz CT molecular complexity index is 1420. The van der Waals surface area contributed by atoms with Gasteiger partial charge in [0.25, 0.3) is 0 Å². The van der Waals surface area contributed by atoms with Gasteiger partial charge in [0, 0.05) is 6.42 Å². The zero-order valence-electron chi connectivity index (χ0n) is 25.3. The number of benzene rings is 4. The molecule has 0 amide bonds. The number of carbonyl (C=O) groups is 2. The van der Waals surface area contributed by atoms with E-state index in [0.717, 1.165) is 22.3 Å². The van der Waals surface area contributed by atoms with Crippen molar-refractivity contribution >= 4 is 12.1 Å². The lowest BCUT2D eigenvalue weighted by atomic mass is 9.91. The maximum absolute atomic E-state index is 12.8. The van der Waals surface area contributed by atoms with Crippen molar-refractivity contribution in [3.63, 3.8) is 0 Å². The third kappa shape index (κ3) is 10.0. The summed E-state index contributed by atoms with van der Waals surface area (Å²) < 4.78 is 32.7. The highest BCUT2D eigenvalue weighted by Gasteiger charge is 2.48. The molecule has 1 aliphatic heterocycles. The van der Waals surface area contributed by atoms with Crippen molar-refractivity contribution < 1.29 is 33.3 Å². The Morgan fingerprint density at radius 2 is 0.956 bits per heavy atom. The minimum Gasteiger partial charge on any atom is -0.374 e. The fourth-order valence-electron chi connectivity index (χ4n) is 5.45. The van der Waals surface area contributed by atoms with E-state index in [4.69, 9.17) is 23.7 Å². The van der Waals surface area contributed by atoms with Crippen molar-refractivity contribution in [2.45, 2.75) is 69.8 Å². The maximum Gasteiger partial charge on any atom is 0.142 e. The molecule has 1 heterocycles. The average Bonchev–Trinajstić information content (AvgIpc) is 3.08. The van der Waals surface area contributed by atoms with Crippen molar-refractivity contribution in [3.05, 3.63) is 144 Å². The number of ketones is 1. The molecular weight excluding hydrogens is 568 g/mol. The van der Waals surface area contributed by atoms with E-state index in [1.807, 2.05) is 121 Å². The summed E-state index contributed by atoms with van der Waals surface area (Å²) in [5.41, 5.74) is 4.02. The summed E-state index contributed by atoms with van der Waals surface area (Å²) in [4.78, 5) is 24.1. The Kier molecular flexibility index (Phi) is 12.6. The number of hydrogen-bond donors (Lipinski definition) is 0. The average molecular weight is 609 g/mol. The van der Waals surface area contributed by atoms with E-state index < -0.39 is 30.5 Å². The second kappa shape index (κ2) is 17.5.